The van der Waals surface area contributed by atoms with Gasteiger partial charge < -0.3 is 10.3 Å². The van der Waals surface area contributed by atoms with E-state index in [9.17, 15) is 4.39 Å². The van der Waals surface area contributed by atoms with Crippen LogP contribution in [0, 0.1) is 5.82 Å². The van der Waals surface area contributed by atoms with Gasteiger partial charge in [0.05, 0.1) is 11.0 Å². The first-order valence-electron chi connectivity index (χ1n) is 6.56. The van der Waals surface area contributed by atoms with Crippen molar-refractivity contribution in [1.82, 2.24) is 9.55 Å². The molecular formula is C16H16FN3. The number of nitrogens with two attached hydrogens (primary N) is 1. The van der Waals surface area contributed by atoms with Crippen LogP contribution in [0.4, 0.5) is 4.39 Å². The summed E-state index contributed by atoms with van der Waals surface area (Å²) < 4.78 is 15.3. The summed E-state index contributed by atoms with van der Waals surface area (Å²) in [5.74, 6) is 0.649. The summed E-state index contributed by atoms with van der Waals surface area (Å²) in [7, 11) is 1.95. The summed E-state index contributed by atoms with van der Waals surface area (Å²) in [5, 5.41) is 0. The molecule has 0 fully saturated rings. The van der Waals surface area contributed by atoms with Crippen molar-refractivity contribution in [2.45, 2.75) is 13.0 Å². The van der Waals surface area contributed by atoms with Crippen molar-refractivity contribution < 1.29 is 4.39 Å². The molecule has 0 aliphatic heterocycles. The number of halogens is 1. The monoisotopic (exact) mass is 269 g/mol. The molecule has 4 heteroatoms. The first-order valence-corrected chi connectivity index (χ1v) is 6.56. The molecule has 0 amide bonds. The molecule has 3 nitrogen and oxygen atoms in total. The zero-order valence-electron chi connectivity index (χ0n) is 11.3. The van der Waals surface area contributed by atoms with E-state index >= 15 is 0 Å². The topological polar surface area (TPSA) is 43.8 Å². The second-order valence-electron chi connectivity index (χ2n) is 4.87. The largest absolute Gasteiger partial charge is 0.331 e. The van der Waals surface area contributed by atoms with Gasteiger partial charge in [0.1, 0.15) is 11.6 Å². The summed E-state index contributed by atoms with van der Waals surface area (Å²) in [5.41, 5.74) is 9.66. The molecule has 1 aromatic heterocycles. The fourth-order valence-electron chi connectivity index (χ4n) is 2.48. The highest BCUT2D eigenvalue weighted by Gasteiger charge is 2.10. The number of hydrogen-bond acceptors (Lipinski definition) is 2. The summed E-state index contributed by atoms with van der Waals surface area (Å²) in [6.45, 7) is 0.509. The molecule has 3 rings (SSSR count). The number of aryl methyl sites for hydroxylation is 1. The predicted octanol–water partition coefficient (Wildman–Crippen LogP) is 2.76. The molecule has 0 unspecified atom stereocenters. The molecule has 2 N–H and O–H groups in total. The van der Waals surface area contributed by atoms with E-state index in [0.29, 0.717) is 18.5 Å². The van der Waals surface area contributed by atoms with Gasteiger partial charge in [-0.1, -0.05) is 24.3 Å². The zero-order valence-corrected chi connectivity index (χ0v) is 11.3. The minimum absolute atomic E-state index is 0.260. The van der Waals surface area contributed by atoms with Crippen molar-refractivity contribution in [2.75, 3.05) is 0 Å². The minimum Gasteiger partial charge on any atom is -0.331 e. The third-order valence-electron chi connectivity index (χ3n) is 3.62. The van der Waals surface area contributed by atoms with Gasteiger partial charge in [-0.3, -0.25) is 0 Å². The number of benzene rings is 2. The number of fused-ring (bicyclic) bond motifs is 1. The summed E-state index contributed by atoms with van der Waals surface area (Å²) in [6, 6.07) is 12.7. The van der Waals surface area contributed by atoms with E-state index in [1.807, 2.05) is 29.8 Å². The Kier molecular flexibility index (Phi) is 3.24. The molecule has 0 aliphatic rings. The first-order chi connectivity index (χ1) is 9.69. The number of rotatable bonds is 3. The van der Waals surface area contributed by atoms with Gasteiger partial charge in [0.15, 0.2) is 0 Å². The maximum atomic E-state index is 13.3. The molecule has 0 atom stereocenters. The fourth-order valence-corrected chi connectivity index (χ4v) is 2.48. The smallest absolute Gasteiger partial charge is 0.125 e. The van der Waals surface area contributed by atoms with Crippen molar-refractivity contribution in [2.24, 2.45) is 12.8 Å². The molecule has 0 radical (unpaired) electrons. The Hall–Kier alpha value is -2.20. The Morgan fingerprint density at radius 3 is 2.65 bits per heavy atom. The molecule has 0 aliphatic carbocycles. The molecule has 1 heterocycles. The van der Waals surface area contributed by atoms with Gasteiger partial charge in [0.2, 0.25) is 0 Å². The fraction of sp³-hybridized carbons (Fsp3) is 0.188. The van der Waals surface area contributed by atoms with E-state index in [-0.39, 0.29) is 5.82 Å². The Bertz CT molecular complexity index is 762. The lowest BCUT2D eigenvalue weighted by molar-refractivity contribution is 0.629. The highest BCUT2D eigenvalue weighted by molar-refractivity contribution is 5.76. The van der Waals surface area contributed by atoms with Crippen molar-refractivity contribution in [1.29, 1.82) is 0 Å². The van der Waals surface area contributed by atoms with Crippen LogP contribution in [0.3, 0.4) is 0 Å². The average Bonchev–Trinajstić information content (AvgIpc) is 2.75. The number of nitrogens with zero attached hydrogens (tertiary/aromatic N) is 2. The second kappa shape index (κ2) is 5.06. The summed E-state index contributed by atoms with van der Waals surface area (Å²) >= 11 is 0. The van der Waals surface area contributed by atoms with Gasteiger partial charge in [-0.05, 0) is 23.3 Å². The van der Waals surface area contributed by atoms with Gasteiger partial charge in [-0.15, -0.1) is 0 Å². The lowest BCUT2D eigenvalue weighted by Gasteiger charge is -2.07. The Morgan fingerprint density at radius 2 is 1.90 bits per heavy atom. The molecular weight excluding hydrogens is 253 g/mol. The Labute approximate surface area is 116 Å². The third kappa shape index (κ3) is 2.18. The van der Waals surface area contributed by atoms with E-state index in [1.165, 1.54) is 12.1 Å². The van der Waals surface area contributed by atoms with Gasteiger partial charge >= 0.3 is 0 Å². The van der Waals surface area contributed by atoms with Crippen LogP contribution in [0.1, 0.15) is 17.0 Å². The number of aromatic nitrogens is 2. The zero-order chi connectivity index (χ0) is 14.1. The standard InChI is InChI=1S/C16H16FN3/c1-20-15-7-6-13(17)9-14(15)19-16(20)8-11-4-2-3-5-12(11)10-18/h2-7,9H,8,10,18H2,1H3. The Balaban J connectivity index is 2.04. The highest BCUT2D eigenvalue weighted by atomic mass is 19.1. The van der Waals surface area contributed by atoms with Crippen molar-refractivity contribution in [3.63, 3.8) is 0 Å². The molecule has 2 aromatic carbocycles. The van der Waals surface area contributed by atoms with Crippen LogP contribution in [-0.2, 0) is 20.0 Å². The van der Waals surface area contributed by atoms with E-state index < -0.39 is 0 Å². The lowest BCUT2D eigenvalue weighted by Crippen LogP contribution is -2.05. The summed E-state index contributed by atoms with van der Waals surface area (Å²) in [6.07, 6.45) is 0.695. The van der Waals surface area contributed by atoms with Crippen LogP contribution in [0.2, 0.25) is 0 Å². The van der Waals surface area contributed by atoms with E-state index in [2.05, 4.69) is 11.1 Å². The van der Waals surface area contributed by atoms with Crippen molar-refractivity contribution in [3.05, 3.63) is 65.2 Å². The molecule has 20 heavy (non-hydrogen) atoms. The van der Waals surface area contributed by atoms with Gasteiger partial charge in [0.25, 0.3) is 0 Å². The van der Waals surface area contributed by atoms with Crippen LogP contribution in [0.25, 0.3) is 11.0 Å². The van der Waals surface area contributed by atoms with E-state index in [0.717, 1.165) is 22.5 Å². The molecule has 0 saturated heterocycles. The summed E-state index contributed by atoms with van der Waals surface area (Å²) in [4.78, 5) is 4.53. The molecule has 3 aromatic rings. The quantitative estimate of drug-likeness (QED) is 0.794. The second-order valence-corrected chi connectivity index (χ2v) is 4.87. The van der Waals surface area contributed by atoms with Gasteiger partial charge in [0, 0.05) is 26.1 Å². The average molecular weight is 269 g/mol. The van der Waals surface area contributed by atoms with Crippen LogP contribution >= 0.6 is 0 Å². The lowest BCUT2D eigenvalue weighted by atomic mass is 10.0. The maximum absolute atomic E-state index is 13.3. The van der Waals surface area contributed by atoms with Crippen LogP contribution in [-0.4, -0.2) is 9.55 Å². The molecule has 0 spiro atoms. The number of imidazole rings is 1. The van der Waals surface area contributed by atoms with Crippen LogP contribution < -0.4 is 5.73 Å². The predicted molar refractivity (Wildman–Crippen MR) is 77.8 cm³/mol. The maximum Gasteiger partial charge on any atom is 0.125 e. The molecule has 102 valence electrons. The highest BCUT2D eigenvalue weighted by Crippen LogP contribution is 2.19. The van der Waals surface area contributed by atoms with Crippen LogP contribution in [0.5, 0.6) is 0 Å². The van der Waals surface area contributed by atoms with E-state index in [4.69, 9.17) is 5.73 Å². The third-order valence-corrected chi connectivity index (χ3v) is 3.62. The molecule has 0 saturated carbocycles. The van der Waals surface area contributed by atoms with Crippen molar-refractivity contribution >= 4 is 11.0 Å². The normalized spacial score (nSPS) is 11.2. The molecule has 0 bridgehead atoms. The minimum atomic E-state index is -0.260. The number of hydrogen-bond donors (Lipinski definition) is 1. The first kappa shape index (κ1) is 12.8. The van der Waals surface area contributed by atoms with E-state index in [1.54, 1.807) is 6.07 Å². The SMILES string of the molecule is Cn1c(Cc2ccccc2CN)nc2cc(F)ccc21. The van der Waals surface area contributed by atoms with Crippen LogP contribution in [0.15, 0.2) is 42.5 Å². The van der Waals surface area contributed by atoms with Gasteiger partial charge in [-0.2, -0.15) is 0 Å². The van der Waals surface area contributed by atoms with Crippen molar-refractivity contribution in [3.8, 4) is 0 Å². The Morgan fingerprint density at radius 1 is 1.15 bits per heavy atom. The van der Waals surface area contributed by atoms with Gasteiger partial charge in [-0.25, -0.2) is 9.37 Å².